The van der Waals surface area contributed by atoms with E-state index in [0.717, 1.165) is 45.3 Å². The molecule has 0 amide bonds. The maximum Gasteiger partial charge on any atom is 0.150 e. The Hall–Kier alpha value is -7.44. The summed E-state index contributed by atoms with van der Waals surface area (Å²) in [5, 5.41) is 0. The summed E-state index contributed by atoms with van der Waals surface area (Å²) >= 11 is 0. The van der Waals surface area contributed by atoms with Crippen LogP contribution in [0.3, 0.4) is 0 Å². The van der Waals surface area contributed by atoms with Crippen LogP contribution < -0.4 is 30.7 Å². The lowest BCUT2D eigenvalue weighted by atomic mass is 10.0. The summed E-state index contributed by atoms with van der Waals surface area (Å²) < 4.78 is 12.1. The topological polar surface area (TPSA) is 77.0 Å². The SMILES string of the molecule is Nc1ccccc1Oc1ccc(N(c2ccccc2)c2ccc(-c3ccc(N(c4ccccc4)c4ccc(Oc5ccccc5N)cc4)cc3)cc2)cc1. The number of rotatable bonds is 11. The molecule has 8 rings (SSSR count). The first-order chi connectivity index (χ1) is 26.6. The highest BCUT2D eigenvalue weighted by Gasteiger charge is 2.15. The van der Waals surface area contributed by atoms with E-state index < -0.39 is 0 Å². The highest BCUT2D eigenvalue weighted by Crippen LogP contribution is 2.39. The summed E-state index contributed by atoms with van der Waals surface area (Å²) in [6.07, 6.45) is 0. The lowest BCUT2D eigenvalue weighted by molar-refractivity contribution is 0.485. The van der Waals surface area contributed by atoms with Crippen molar-refractivity contribution in [3.8, 4) is 34.1 Å². The highest BCUT2D eigenvalue weighted by atomic mass is 16.5. The summed E-state index contributed by atoms with van der Waals surface area (Å²) in [4.78, 5) is 4.47. The van der Waals surface area contributed by atoms with Crippen LogP contribution in [0.15, 0.2) is 206 Å². The number of benzene rings is 8. The Morgan fingerprint density at radius 1 is 0.278 bits per heavy atom. The molecule has 0 saturated carbocycles. The van der Waals surface area contributed by atoms with E-state index in [1.165, 1.54) is 0 Å². The summed E-state index contributed by atoms with van der Waals surface area (Å²) in [5.41, 5.74) is 21.9. The van der Waals surface area contributed by atoms with Gasteiger partial charge in [-0.3, -0.25) is 0 Å². The largest absolute Gasteiger partial charge is 0.455 e. The van der Waals surface area contributed by atoms with Gasteiger partial charge in [0.2, 0.25) is 0 Å². The van der Waals surface area contributed by atoms with Crippen LogP contribution in [0, 0.1) is 0 Å². The van der Waals surface area contributed by atoms with Crippen molar-refractivity contribution in [2.45, 2.75) is 0 Å². The van der Waals surface area contributed by atoms with Crippen molar-refractivity contribution < 1.29 is 9.47 Å². The molecule has 0 radical (unpaired) electrons. The van der Waals surface area contributed by atoms with Crippen molar-refractivity contribution in [3.63, 3.8) is 0 Å². The number of para-hydroxylation sites is 6. The molecule has 54 heavy (non-hydrogen) atoms. The number of hydrogen-bond donors (Lipinski definition) is 2. The maximum atomic E-state index is 6.11. The van der Waals surface area contributed by atoms with Crippen molar-refractivity contribution >= 4 is 45.5 Å². The van der Waals surface area contributed by atoms with E-state index in [1.807, 2.05) is 84.9 Å². The number of nitrogens with two attached hydrogens (primary N) is 2. The first kappa shape index (κ1) is 33.7. The lowest BCUT2D eigenvalue weighted by Crippen LogP contribution is -2.10. The molecular weight excluding hydrogens is 665 g/mol. The third-order valence-electron chi connectivity index (χ3n) is 9.10. The molecule has 8 aromatic rings. The van der Waals surface area contributed by atoms with Crippen molar-refractivity contribution in [1.29, 1.82) is 0 Å². The van der Waals surface area contributed by atoms with E-state index in [-0.39, 0.29) is 0 Å². The Bertz CT molecular complexity index is 2260. The van der Waals surface area contributed by atoms with Gasteiger partial charge in [-0.25, -0.2) is 0 Å². The lowest BCUT2D eigenvalue weighted by Gasteiger charge is -2.26. The minimum atomic E-state index is 0.599. The minimum Gasteiger partial charge on any atom is -0.455 e. The monoisotopic (exact) mass is 702 g/mol. The second-order valence-corrected chi connectivity index (χ2v) is 12.7. The summed E-state index contributed by atoms with van der Waals surface area (Å²) in [5.74, 6) is 2.70. The van der Waals surface area contributed by atoms with Crippen LogP contribution in [0.5, 0.6) is 23.0 Å². The van der Waals surface area contributed by atoms with Crippen LogP contribution >= 0.6 is 0 Å². The highest BCUT2D eigenvalue weighted by molar-refractivity contribution is 5.81. The molecule has 0 heterocycles. The third-order valence-corrected chi connectivity index (χ3v) is 9.10. The Balaban J connectivity index is 1.04. The predicted octanol–water partition coefficient (Wildman–Crippen LogP) is 13.0. The van der Waals surface area contributed by atoms with Gasteiger partial charge in [0.15, 0.2) is 0 Å². The van der Waals surface area contributed by atoms with Gasteiger partial charge in [-0.2, -0.15) is 0 Å². The van der Waals surface area contributed by atoms with Gasteiger partial charge in [0.05, 0.1) is 11.4 Å². The Morgan fingerprint density at radius 3 is 0.889 bits per heavy atom. The van der Waals surface area contributed by atoms with E-state index >= 15 is 0 Å². The Morgan fingerprint density at radius 2 is 0.556 bits per heavy atom. The quantitative estimate of drug-likeness (QED) is 0.131. The molecule has 0 aliphatic carbocycles. The van der Waals surface area contributed by atoms with Crippen LogP contribution in [-0.2, 0) is 0 Å². The number of ether oxygens (including phenoxy) is 2. The van der Waals surface area contributed by atoms with Crippen molar-refractivity contribution in [2.24, 2.45) is 0 Å². The molecule has 0 aliphatic heterocycles. The molecular formula is C48H38N4O2. The molecule has 6 heteroatoms. The van der Waals surface area contributed by atoms with Gasteiger partial charge >= 0.3 is 0 Å². The fourth-order valence-electron chi connectivity index (χ4n) is 6.38. The van der Waals surface area contributed by atoms with Crippen molar-refractivity contribution in [2.75, 3.05) is 21.3 Å². The zero-order valence-electron chi connectivity index (χ0n) is 29.5. The molecule has 0 atom stereocenters. The minimum absolute atomic E-state index is 0.599. The Labute approximate surface area is 315 Å². The van der Waals surface area contributed by atoms with Crippen LogP contribution in [0.2, 0.25) is 0 Å². The molecule has 0 saturated heterocycles. The van der Waals surface area contributed by atoms with Gasteiger partial charge in [0.25, 0.3) is 0 Å². The predicted molar refractivity (Wildman–Crippen MR) is 223 cm³/mol. The van der Waals surface area contributed by atoms with Crippen LogP contribution in [0.1, 0.15) is 0 Å². The first-order valence-electron chi connectivity index (χ1n) is 17.7. The first-order valence-corrected chi connectivity index (χ1v) is 17.7. The van der Waals surface area contributed by atoms with E-state index in [2.05, 4.69) is 131 Å². The van der Waals surface area contributed by atoms with Gasteiger partial charge in [0.1, 0.15) is 23.0 Å². The molecule has 0 aromatic heterocycles. The smallest absolute Gasteiger partial charge is 0.150 e. The van der Waals surface area contributed by atoms with Gasteiger partial charge in [0, 0.05) is 34.1 Å². The number of hydrogen-bond acceptors (Lipinski definition) is 6. The normalized spacial score (nSPS) is 10.7. The summed E-state index contributed by atoms with van der Waals surface area (Å²) in [7, 11) is 0. The molecule has 8 aromatic carbocycles. The van der Waals surface area contributed by atoms with Crippen LogP contribution in [0.4, 0.5) is 45.5 Å². The zero-order chi connectivity index (χ0) is 36.7. The molecule has 0 spiro atoms. The van der Waals surface area contributed by atoms with Crippen molar-refractivity contribution in [1.82, 2.24) is 0 Å². The fraction of sp³-hybridized carbons (Fsp3) is 0. The fourth-order valence-corrected chi connectivity index (χ4v) is 6.38. The number of nitrogens with zero attached hydrogens (tertiary/aromatic N) is 2. The van der Waals surface area contributed by atoms with Gasteiger partial charge in [-0.15, -0.1) is 0 Å². The van der Waals surface area contributed by atoms with Crippen LogP contribution in [0.25, 0.3) is 11.1 Å². The molecule has 4 N–H and O–H groups in total. The summed E-state index contributed by atoms with van der Waals surface area (Å²) in [6.45, 7) is 0. The maximum absolute atomic E-state index is 6.11. The van der Waals surface area contributed by atoms with Crippen LogP contribution in [-0.4, -0.2) is 0 Å². The second-order valence-electron chi connectivity index (χ2n) is 12.7. The molecule has 0 bridgehead atoms. The molecule has 0 aliphatic rings. The molecule has 0 fully saturated rings. The summed E-state index contributed by atoms with van der Waals surface area (Å²) in [6, 6.07) is 69.2. The molecule has 0 unspecified atom stereocenters. The van der Waals surface area contributed by atoms with Gasteiger partial charge in [-0.05, 0) is 132 Å². The Kier molecular flexibility index (Phi) is 9.63. The average Bonchev–Trinajstić information content (AvgIpc) is 3.22. The van der Waals surface area contributed by atoms with E-state index in [0.29, 0.717) is 34.4 Å². The molecule has 6 nitrogen and oxygen atoms in total. The molecule has 262 valence electrons. The van der Waals surface area contributed by atoms with Gasteiger partial charge in [-0.1, -0.05) is 84.9 Å². The number of anilines is 8. The van der Waals surface area contributed by atoms with E-state index in [4.69, 9.17) is 20.9 Å². The van der Waals surface area contributed by atoms with Gasteiger partial charge < -0.3 is 30.7 Å². The second kappa shape index (κ2) is 15.4. The average molecular weight is 703 g/mol. The third kappa shape index (κ3) is 7.45. The zero-order valence-corrected chi connectivity index (χ0v) is 29.5. The van der Waals surface area contributed by atoms with E-state index in [9.17, 15) is 0 Å². The van der Waals surface area contributed by atoms with E-state index in [1.54, 1.807) is 0 Å². The standard InChI is InChI=1S/C48H38N4O2/c49-45-15-7-9-17-47(45)53-43-31-27-41(28-32-43)51(37-11-3-1-4-12-37)39-23-19-35(20-24-39)36-21-25-40(26-22-36)52(38-13-5-2-6-14-38)42-29-33-44(34-30-42)54-48-18-10-8-16-46(48)50/h1-34H,49-50H2. The van der Waals surface area contributed by atoms with Crippen molar-refractivity contribution in [3.05, 3.63) is 206 Å². The number of nitrogen functional groups attached to an aromatic ring is 2.